The molecule has 0 aromatic heterocycles. The van der Waals surface area contributed by atoms with Gasteiger partial charge in [0.2, 0.25) is 5.91 Å². The predicted octanol–water partition coefficient (Wildman–Crippen LogP) is 1.84. The SMILES string of the molecule is CC(CO)CNC(=O)C(C)CCOc1ccccc1. The molecule has 1 aromatic rings. The second-order valence-corrected chi connectivity index (χ2v) is 4.88. The Labute approximate surface area is 114 Å². The van der Waals surface area contributed by atoms with Gasteiger partial charge >= 0.3 is 0 Å². The first kappa shape index (κ1) is 15.5. The van der Waals surface area contributed by atoms with Gasteiger partial charge in [0, 0.05) is 19.1 Å². The van der Waals surface area contributed by atoms with Crippen LogP contribution >= 0.6 is 0 Å². The van der Waals surface area contributed by atoms with Crippen molar-refractivity contribution in [3.63, 3.8) is 0 Å². The molecule has 0 saturated heterocycles. The molecule has 1 aromatic carbocycles. The fraction of sp³-hybridized carbons (Fsp3) is 0.533. The van der Waals surface area contributed by atoms with E-state index in [4.69, 9.17) is 9.84 Å². The zero-order chi connectivity index (χ0) is 14.1. The Balaban J connectivity index is 2.19. The molecule has 4 heteroatoms. The third-order valence-electron chi connectivity index (χ3n) is 2.95. The fourth-order valence-corrected chi connectivity index (χ4v) is 1.51. The molecule has 2 N–H and O–H groups in total. The maximum absolute atomic E-state index is 11.8. The van der Waals surface area contributed by atoms with Gasteiger partial charge in [-0.2, -0.15) is 0 Å². The summed E-state index contributed by atoms with van der Waals surface area (Å²) in [4.78, 5) is 11.8. The molecule has 19 heavy (non-hydrogen) atoms. The van der Waals surface area contributed by atoms with Gasteiger partial charge < -0.3 is 15.2 Å². The van der Waals surface area contributed by atoms with Crippen LogP contribution in [0.4, 0.5) is 0 Å². The first-order valence-corrected chi connectivity index (χ1v) is 6.70. The van der Waals surface area contributed by atoms with Crippen LogP contribution in [0.5, 0.6) is 5.75 Å². The number of hydrogen-bond acceptors (Lipinski definition) is 3. The Kier molecular flexibility index (Phi) is 6.97. The number of rotatable bonds is 8. The van der Waals surface area contributed by atoms with Crippen LogP contribution < -0.4 is 10.1 Å². The lowest BCUT2D eigenvalue weighted by Gasteiger charge is -2.14. The minimum Gasteiger partial charge on any atom is -0.494 e. The largest absolute Gasteiger partial charge is 0.494 e. The Hall–Kier alpha value is -1.55. The molecule has 0 aliphatic rings. The van der Waals surface area contributed by atoms with Crippen molar-refractivity contribution in [2.45, 2.75) is 20.3 Å². The monoisotopic (exact) mass is 265 g/mol. The molecule has 0 bridgehead atoms. The van der Waals surface area contributed by atoms with Crippen LogP contribution in [-0.2, 0) is 4.79 Å². The Bertz CT molecular complexity index is 367. The minimum absolute atomic E-state index is 0.0111. The van der Waals surface area contributed by atoms with Crippen LogP contribution in [0.3, 0.4) is 0 Å². The summed E-state index contributed by atoms with van der Waals surface area (Å²) in [7, 11) is 0. The lowest BCUT2D eigenvalue weighted by molar-refractivity contribution is -0.125. The summed E-state index contributed by atoms with van der Waals surface area (Å²) in [6, 6.07) is 9.57. The molecule has 0 aliphatic carbocycles. The molecule has 2 atom stereocenters. The van der Waals surface area contributed by atoms with Crippen LogP contribution in [-0.4, -0.2) is 30.8 Å². The van der Waals surface area contributed by atoms with Crippen LogP contribution in [0.2, 0.25) is 0 Å². The quantitative estimate of drug-likeness (QED) is 0.754. The topological polar surface area (TPSA) is 58.6 Å². The lowest BCUT2D eigenvalue weighted by Crippen LogP contribution is -2.34. The zero-order valence-electron chi connectivity index (χ0n) is 11.6. The molecule has 1 amide bonds. The van der Waals surface area contributed by atoms with E-state index in [1.807, 2.05) is 44.2 Å². The standard InChI is InChI=1S/C15H23NO3/c1-12(11-17)10-16-15(18)13(2)8-9-19-14-6-4-3-5-7-14/h3-7,12-13,17H,8-11H2,1-2H3,(H,16,18). The summed E-state index contributed by atoms with van der Waals surface area (Å²) in [5.74, 6) is 0.840. The third-order valence-corrected chi connectivity index (χ3v) is 2.95. The highest BCUT2D eigenvalue weighted by molar-refractivity contribution is 5.78. The van der Waals surface area contributed by atoms with Gasteiger partial charge in [0.25, 0.3) is 0 Å². The number of amides is 1. The van der Waals surface area contributed by atoms with Crippen LogP contribution in [0.25, 0.3) is 0 Å². The maximum Gasteiger partial charge on any atom is 0.222 e. The smallest absolute Gasteiger partial charge is 0.222 e. The van der Waals surface area contributed by atoms with Gasteiger partial charge in [0.05, 0.1) is 6.61 Å². The van der Waals surface area contributed by atoms with Gasteiger partial charge in [-0.25, -0.2) is 0 Å². The van der Waals surface area contributed by atoms with Crippen LogP contribution in [0.1, 0.15) is 20.3 Å². The Morgan fingerprint density at radius 3 is 2.63 bits per heavy atom. The summed E-state index contributed by atoms with van der Waals surface area (Å²) < 4.78 is 5.55. The summed E-state index contributed by atoms with van der Waals surface area (Å²) in [6.45, 7) is 4.90. The zero-order valence-corrected chi connectivity index (χ0v) is 11.6. The average molecular weight is 265 g/mol. The molecular formula is C15H23NO3. The minimum atomic E-state index is -0.0883. The normalized spacial score (nSPS) is 13.6. The summed E-state index contributed by atoms with van der Waals surface area (Å²) >= 11 is 0. The molecule has 106 valence electrons. The van der Waals surface area contributed by atoms with Crippen LogP contribution in [0, 0.1) is 11.8 Å². The highest BCUT2D eigenvalue weighted by Gasteiger charge is 2.13. The van der Waals surface area contributed by atoms with Gasteiger partial charge in [0.15, 0.2) is 0 Å². The first-order chi connectivity index (χ1) is 9.13. The number of aliphatic hydroxyl groups excluding tert-OH is 1. The van der Waals surface area contributed by atoms with E-state index >= 15 is 0 Å². The van der Waals surface area contributed by atoms with Crippen molar-refractivity contribution >= 4 is 5.91 Å². The average Bonchev–Trinajstić information content (AvgIpc) is 2.45. The van der Waals surface area contributed by atoms with Crippen molar-refractivity contribution in [1.29, 1.82) is 0 Å². The van der Waals surface area contributed by atoms with Crippen molar-refractivity contribution in [1.82, 2.24) is 5.32 Å². The Morgan fingerprint density at radius 2 is 2.00 bits per heavy atom. The number of aliphatic hydroxyl groups is 1. The number of carbonyl (C=O) groups is 1. The Morgan fingerprint density at radius 1 is 1.32 bits per heavy atom. The number of hydrogen-bond donors (Lipinski definition) is 2. The molecule has 0 radical (unpaired) electrons. The first-order valence-electron chi connectivity index (χ1n) is 6.70. The van der Waals surface area contributed by atoms with Gasteiger partial charge in [0.1, 0.15) is 5.75 Å². The molecule has 0 spiro atoms. The predicted molar refractivity (Wildman–Crippen MR) is 75.0 cm³/mol. The van der Waals surface area contributed by atoms with E-state index in [-0.39, 0.29) is 24.3 Å². The lowest BCUT2D eigenvalue weighted by atomic mass is 10.1. The third kappa shape index (κ3) is 6.25. The summed E-state index contributed by atoms with van der Waals surface area (Å²) in [5.41, 5.74) is 0. The second kappa shape index (κ2) is 8.53. The number of nitrogens with one attached hydrogen (secondary N) is 1. The number of benzene rings is 1. The fourth-order valence-electron chi connectivity index (χ4n) is 1.51. The van der Waals surface area contributed by atoms with Gasteiger partial charge in [-0.05, 0) is 24.5 Å². The molecule has 4 nitrogen and oxygen atoms in total. The number of para-hydroxylation sites is 1. The van der Waals surface area contributed by atoms with Crippen molar-refractivity contribution < 1.29 is 14.6 Å². The molecule has 2 unspecified atom stereocenters. The molecule has 1 rings (SSSR count). The van der Waals surface area contributed by atoms with Gasteiger partial charge in [-0.1, -0.05) is 32.0 Å². The second-order valence-electron chi connectivity index (χ2n) is 4.88. The van der Waals surface area contributed by atoms with Crippen LogP contribution in [0.15, 0.2) is 30.3 Å². The number of carbonyl (C=O) groups excluding carboxylic acids is 1. The van der Waals surface area contributed by atoms with E-state index < -0.39 is 0 Å². The van der Waals surface area contributed by atoms with E-state index in [0.29, 0.717) is 19.6 Å². The highest BCUT2D eigenvalue weighted by atomic mass is 16.5. The molecular weight excluding hydrogens is 242 g/mol. The summed E-state index contributed by atoms with van der Waals surface area (Å²) in [6.07, 6.45) is 0.675. The summed E-state index contributed by atoms with van der Waals surface area (Å²) in [5, 5.41) is 11.7. The number of ether oxygens (including phenoxy) is 1. The van der Waals surface area contributed by atoms with E-state index in [9.17, 15) is 4.79 Å². The molecule has 0 saturated carbocycles. The van der Waals surface area contributed by atoms with E-state index in [1.165, 1.54) is 0 Å². The molecule has 0 aliphatic heterocycles. The van der Waals surface area contributed by atoms with E-state index in [2.05, 4.69) is 5.32 Å². The van der Waals surface area contributed by atoms with Crippen molar-refractivity contribution in [3.05, 3.63) is 30.3 Å². The maximum atomic E-state index is 11.8. The van der Waals surface area contributed by atoms with Crippen molar-refractivity contribution in [2.24, 2.45) is 11.8 Å². The highest BCUT2D eigenvalue weighted by Crippen LogP contribution is 2.10. The van der Waals surface area contributed by atoms with E-state index in [1.54, 1.807) is 0 Å². The van der Waals surface area contributed by atoms with E-state index in [0.717, 1.165) is 5.75 Å². The van der Waals surface area contributed by atoms with Crippen molar-refractivity contribution in [3.8, 4) is 5.75 Å². The molecule has 0 fully saturated rings. The van der Waals surface area contributed by atoms with Gasteiger partial charge in [-0.15, -0.1) is 0 Å². The van der Waals surface area contributed by atoms with Gasteiger partial charge in [-0.3, -0.25) is 4.79 Å². The molecule has 0 heterocycles. The van der Waals surface area contributed by atoms with Crippen molar-refractivity contribution in [2.75, 3.05) is 19.8 Å².